The van der Waals surface area contributed by atoms with Gasteiger partial charge in [0.2, 0.25) is 0 Å². The number of rotatable bonds is 0. The van der Waals surface area contributed by atoms with Crippen molar-refractivity contribution >= 4 is 21.8 Å². The summed E-state index contributed by atoms with van der Waals surface area (Å²) < 4.78 is 1.17. The fourth-order valence-electron chi connectivity index (χ4n) is 2.05. The second-order valence-electron chi connectivity index (χ2n) is 3.83. The van der Waals surface area contributed by atoms with Crippen molar-refractivity contribution in [3.63, 3.8) is 0 Å². The highest BCUT2D eigenvalue weighted by molar-refractivity contribution is 6.08. The number of hydrogen-bond acceptors (Lipinski definition) is 3. The molecule has 0 bridgehead atoms. The third kappa shape index (κ3) is 1.15. The molecule has 0 aliphatic carbocycles. The fourth-order valence-corrected chi connectivity index (χ4v) is 2.05. The van der Waals surface area contributed by atoms with E-state index >= 15 is 0 Å². The Labute approximate surface area is 96.2 Å². The molecule has 2 aromatic heterocycles. The molecule has 0 spiro atoms. The Morgan fingerprint density at radius 2 is 2.06 bits per heavy atom. The van der Waals surface area contributed by atoms with Crippen LogP contribution in [0.25, 0.3) is 21.8 Å². The van der Waals surface area contributed by atoms with E-state index in [1.54, 1.807) is 6.20 Å². The Hall–Kier alpha value is -2.74. The lowest BCUT2D eigenvalue weighted by Gasteiger charge is -2.01. The van der Waals surface area contributed by atoms with Crippen LogP contribution < -0.4 is 11.3 Å². The van der Waals surface area contributed by atoms with E-state index in [4.69, 9.17) is 16.5 Å². The van der Waals surface area contributed by atoms with E-state index in [1.165, 1.54) is 4.68 Å². The second-order valence-corrected chi connectivity index (χ2v) is 3.83. The molecule has 0 fully saturated rings. The molecule has 4 N–H and O–H groups in total. The Kier molecular flexibility index (Phi) is 1.74. The van der Waals surface area contributed by atoms with Crippen LogP contribution in [0.5, 0.6) is 0 Å². The van der Waals surface area contributed by atoms with Crippen LogP contribution in [0.1, 0.15) is 5.56 Å². The van der Waals surface area contributed by atoms with Crippen LogP contribution in [0.2, 0.25) is 0 Å². The topological polar surface area (TPSA) is 94.4 Å². The number of para-hydroxylation sites is 1. The minimum Gasteiger partial charge on any atom is -0.353 e. The first-order valence-electron chi connectivity index (χ1n) is 5.08. The largest absolute Gasteiger partial charge is 0.353 e. The van der Waals surface area contributed by atoms with Crippen molar-refractivity contribution in [2.45, 2.75) is 0 Å². The standard InChI is InChI=1S/C12H9N5/c13-5-8-11-9(6-17(15)12(8)14)7-3-1-2-4-10(7)16-11/h1-4,6,14,16H,15H2. The summed E-state index contributed by atoms with van der Waals surface area (Å²) in [6.45, 7) is 0. The Bertz CT molecular complexity index is 832. The molecular weight excluding hydrogens is 214 g/mol. The lowest BCUT2D eigenvalue weighted by molar-refractivity contribution is 0.885. The van der Waals surface area contributed by atoms with Gasteiger partial charge in [0, 0.05) is 22.5 Å². The number of aromatic nitrogens is 2. The van der Waals surface area contributed by atoms with E-state index in [9.17, 15) is 0 Å². The summed E-state index contributed by atoms with van der Waals surface area (Å²) >= 11 is 0. The van der Waals surface area contributed by atoms with Crippen molar-refractivity contribution < 1.29 is 0 Å². The minimum atomic E-state index is 0.00607. The lowest BCUT2D eigenvalue weighted by atomic mass is 10.1. The van der Waals surface area contributed by atoms with Crippen molar-refractivity contribution in [1.29, 1.82) is 10.7 Å². The number of nitrogens with zero attached hydrogens (tertiary/aromatic N) is 2. The zero-order valence-electron chi connectivity index (χ0n) is 8.86. The third-order valence-corrected chi connectivity index (χ3v) is 2.87. The van der Waals surface area contributed by atoms with Crippen molar-refractivity contribution in [1.82, 2.24) is 9.66 Å². The molecule has 82 valence electrons. The third-order valence-electron chi connectivity index (χ3n) is 2.87. The van der Waals surface area contributed by atoms with Crippen molar-refractivity contribution in [3.05, 3.63) is 41.5 Å². The molecule has 0 atom stereocenters. The number of hydrogen-bond donors (Lipinski definition) is 3. The van der Waals surface area contributed by atoms with Gasteiger partial charge in [-0.05, 0) is 6.07 Å². The number of benzene rings is 1. The Balaban J connectivity index is 2.67. The average molecular weight is 223 g/mol. The van der Waals surface area contributed by atoms with Crippen LogP contribution in [0.15, 0.2) is 30.5 Å². The van der Waals surface area contributed by atoms with Crippen molar-refractivity contribution in [2.75, 3.05) is 5.84 Å². The first kappa shape index (κ1) is 9.48. The molecule has 0 aliphatic heterocycles. The number of nitrogens with one attached hydrogen (secondary N) is 2. The van der Waals surface area contributed by atoms with Crippen LogP contribution in [0, 0.1) is 16.7 Å². The summed E-state index contributed by atoms with van der Waals surface area (Å²) in [7, 11) is 0. The molecule has 2 heterocycles. The number of H-pyrrole nitrogens is 1. The maximum absolute atomic E-state index is 9.11. The molecule has 17 heavy (non-hydrogen) atoms. The molecule has 0 saturated carbocycles. The minimum absolute atomic E-state index is 0.00607. The molecule has 3 rings (SSSR count). The van der Waals surface area contributed by atoms with Crippen LogP contribution in [-0.2, 0) is 0 Å². The predicted molar refractivity (Wildman–Crippen MR) is 64.5 cm³/mol. The molecule has 1 aromatic carbocycles. The van der Waals surface area contributed by atoms with Crippen LogP contribution >= 0.6 is 0 Å². The molecule has 3 aromatic rings. The number of fused-ring (bicyclic) bond motifs is 3. The van der Waals surface area contributed by atoms with Gasteiger partial charge >= 0.3 is 0 Å². The van der Waals surface area contributed by atoms with Crippen molar-refractivity contribution in [2.24, 2.45) is 0 Å². The Morgan fingerprint density at radius 1 is 1.29 bits per heavy atom. The zero-order chi connectivity index (χ0) is 12.0. The number of nitriles is 1. The second kappa shape index (κ2) is 3.12. The average Bonchev–Trinajstić information content (AvgIpc) is 2.69. The van der Waals surface area contributed by atoms with Gasteiger partial charge in [0.25, 0.3) is 0 Å². The zero-order valence-corrected chi connectivity index (χ0v) is 8.86. The highest BCUT2D eigenvalue weighted by Crippen LogP contribution is 2.25. The molecule has 5 heteroatoms. The van der Waals surface area contributed by atoms with E-state index < -0.39 is 0 Å². The van der Waals surface area contributed by atoms with Gasteiger partial charge in [-0.25, -0.2) is 0 Å². The SMILES string of the molecule is N#Cc1c(=N)n(N)cc2c1[nH]c1ccccc12. The molecule has 0 aliphatic rings. The molecule has 5 nitrogen and oxygen atoms in total. The van der Waals surface area contributed by atoms with E-state index in [0.717, 1.165) is 16.3 Å². The van der Waals surface area contributed by atoms with Crippen LogP contribution in [0.4, 0.5) is 0 Å². The van der Waals surface area contributed by atoms with E-state index in [1.807, 2.05) is 30.3 Å². The van der Waals surface area contributed by atoms with Gasteiger partial charge in [0.1, 0.15) is 11.6 Å². The maximum atomic E-state index is 9.11. The van der Waals surface area contributed by atoms with Crippen LogP contribution in [0.3, 0.4) is 0 Å². The summed E-state index contributed by atoms with van der Waals surface area (Å²) in [5, 5.41) is 18.7. The highest BCUT2D eigenvalue weighted by Gasteiger charge is 2.10. The summed E-state index contributed by atoms with van der Waals surface area (Å²) in [4.78, 5) is 3.15. The van der Waals surface area contributed by atoms with Crippen molar-refractivity contribution in [3.8, 4) is 6.07 Å². The summed E-state index contributed by atoms with van der Waals surface area (Å²) in [5.41, 5.74) is 1.87. The van der Waals surface area contributed by atoms with E-state index in [0.29, 0.717) is 5.52 Å². The fraction of sp³-hybridized carbons (Fsp3) is 0. The van der Waals surface area contributed by atoms with E-state index in [2.05, 4.69) is 4.98 Å². The number of nitrogen functional groups attached to an aromatic ring is 1. The maximum Gasteiger partial charge on any atom is 0.163 e. The van der Waals surface area contributed by atoms with Gasteiger partial charge in [0.05, 0.1) is 5.52 Å². The molecule has 0 amide bonds. The van der Waals surface area contributed by atoms with Crippen LogP contribution in [-0.4, -0.2) is 9.66 Å². The first-order chi connectivity index (χ1) is 8.22. The smallest absolute Gasteiger partial charge is 0.163 e. The molecule has 0 unspecified atom stereocenters. The molecule has 0 radical (unpaired) electrons. The van der Waals surface area contributed by atoms with Gasteiger partial charge in [-0.1, -0.05) is 18.2 Å². The lowest BCUT2D eigenvalue weighted by Crippen LogP contribution is -2.28. The normalized spacial score (nSPS) is 10.8. The number of aromatic amines is 1. The van der Waals surface area contributed by atoms with Gasteiger partial charge in [-0.2, -0.15) is 5.26 Å². The summed E-state index contributed by atoms with van der Waals surface area (Å²) in [6, 6.07) is 9.76. The predicted octanol–water partition coefficient (Wildman–Crippen LogP) is 1.19. The first-order valence-corrected chi connectivity index (χ1v) is 5.08. The number of nitrogens with two attached hydrogens (primary N) is 1. The van der Waals surface area contributed by atoms with Gasteiger partial charge in [0.15, 0.2) is 5.49 Å². The summed E-state index contributed by atoms with van der Waals surface area (Å²) in [6.07, 6.45) is 1.66. The summed E-state index contributed by atoms with van der Waals surface area (Å²) in [5.74, 6) is 5.68. The number of pyridine rings is 1. The quantitative estimate of drug-likeness (QED) is 0.499. The van der Waals surface area contributed by atoms with E-state index in [-0.39, 0.29) is 11.1 Å². The van der Waals surface area contributed by atoms with Gasteiger partial charge in [-0.3, -0.25) is 10.1 Å². The molecular formula is C12H9N5. The van der Waals surface area contributed by atoms with Gasteiger partial charge < -0.3 is 10.8 Å². The monoisotopic (exact) mass is 223 g/mol. The Morgan fingerprint density at radius 3 is 2.82 bits per heavy atom. The van der Waals surface area contributed by atoms with Gasteiger partial charge in [-0.15, -0.1) is 0 Å². The molecule has 0 saturated heterocycles. The highest BCUT2D eigenvalue weighted by atomic mass is 15.3.